The lowest BCUT2D eigenvalue weighted by Gasteiger charge is -2.47. The molecule has 0 aromatic carbocycles. The first-order valence-corrected chi connectivity index (χ1v) is 5.68. The summed E-state index contributed by atoms with van der Waals surface area (Å²) in [5, 5.41) is 0. The number of rotatable bonds is 0. The summed E-state index contributed by atoms with van der Waals surface area (Å²) in [5.74, 6) is 2.03. The molecule has 0 spiro atoms. The maximum absolute atomic E-state index is 11.9. The van der Waals surface area contributed by atoms with Crippen molar-refractivity contribution in [3.63, 3.8) is 0 Å². The number of Topliss-reactive ketones (excluding diaryl/α,β-unsaturated/α-hetero) is 1. The Morgan fingerprint density at radius 2 is 2.08 bits per heavy atom. The van der Waals surface area contributed by atoms with Crippen LogP contribution in [0.5, 0.6) is 0 Å². The fourth-order valence-electron chi connectivity index (χ4n) is 3.52. The normalized spacial score (nSPS) is 45.8. The van der Waals surface area contributed by atoms with E-state index in [1.807, 2.05) is 0 Å². The molecule has 0 heterocycles. The topological polar surface area (TPSA) is 17.1 Å². The average molecular weight is 180 g/mol. The molecule has 13 heavy (non-hydrogen) atoms. The molecule has 74 valence electrons. The van der Waals surface area contributed by atoms with E-state index in [-0.39, 0.29) is 5.41 Å². The van der Waals surface area contributed by atoms with Crippen molar-refractivity contribution in [3.8, 4) is 0 Å². The zero-order valence-electron chi connectivity index (χ0n) is 8.81. The van der Waals surface area contributed by atoms with Crippen LogP contribution in [-0.4, -0.2) is 5.78 Å². The fourth-order valence-corrected chi connectivity index (χ4v) is 3.52. The lowest BCUT2D eigenvalue weighted by Crippen LogP contribution is -2.44. The highest BCUT2D eigenvalue weighted by molar-refractivity contribution is 5.85. The highest BCUT2D eigenvalue weighted by Gasteiger charge is 2.46. The van der Waals surface area contributed by atoms with E-state index >= 15 is 0 Å². The van der Waals surface area contributed by atoms with Gasteiger partial charge in [-0.15, -0.1) is 0 Å². The summed E-state index contributed by atoms with van der Waals surface area (Å²) in [6.45, 7) is 4.55. The molecule has 3 unspecified atom stereocenters. The smallest absolute Gasteiger partial charge is 0.139 e. The lowest BCUT2D eigenvalue weighted by atomic mass is 9.56. The zero-order chi connectivity index (χ0) is 9.47. The van der Waals surface area contributed by atoms with E-state index in [2.05, 4.69) is 13.8 Å². The van der Waals surface area contributed by atoms with Gasteiger partial charge in [0.05, 0.1) is 0 Å². The van der Waals surface area contributed by atoms with Crippen LogP contribution in [0, 0.1) is 17.3 Å². The van der Waals surface area contributed by atoms with E-state index in [1.54, 1.807) is 0 Å². The molecule has 1 nitrogen and oxygen atoms in total. The van der Waals surface area contributed by atoms with Crippen LogP contribution >= 0.6 is 0 Å². The molecule has 2 rings (SSSR count). The van der Waals surface area contributed by atoms with Crippen LogP contribution in [0.25, 0.3) is 0 Å². The second kappa shape index (κ2) is 3.11. The highest BCUT2D eigenvalue weighted by Crippen LogP contribution is 2.50. The predicted octanol–water partition coefficient (Wildman–Crippen LogP) is 3.18. The molecule has 0 aromatic rings. The zero-order valence-corrected chi connectivity index (χ0v) is 8.81. The van der Waals surface area contributed by atoms with Gasteiger partial charge in [0.25, 0.3) is 0 Å². The Morgan fingerprint density at radius 3 is 2.77 bits per heavy atom. The van der Waals surface area contributed by atoms with Crippen LogP contribution in [0.1, 0.15) is 52.4 Å². The third-order valence-corrected chi connectivity index (χ3v) is 4.42. The largest absolute Gasteiger partial charge is 0.299 e. The molecule has 0 amide bonds. The van der Waals surface area contributed by atoms with Gasteiger partial charge in [0.15, 0.2) is 0 Å². The molecule has 2 aliphatic carbocycles. The van der Waals surface area contributed by atoms with Crippen LogP contribution < -0.4 is 0 Å². The van der Waals surface area contributed by atoms with E-state index in [1.165, 1.54) is 19.3 Å². The second-order valence-corrected chi connectivity index (χ2v) is 5.21. The van der Waals surface area contributed by atoms with Gasteiger partial charge in [-0.3, -0.25) is 4.79 Å². The molecule has 0 N–H and O–H groups in total. The third-order valence-electron chi connectivity index (χ3n) is 4.42. The number of hydrogen-bond acceptors (Lipinski definition) is 1. The number of hydrogen-bond donors (Lipinski definition) is 0. The van der Waals surface area contributed by atoms with Gasteiger partial charge in [-0.1, -0.05) is 26.7 Å². The molecular formula is C12H20O. The first-order chi connectivity index (χ1) is 6.14. The SMILES string of the molecule is CC1CCCC2(C)C(=O)CCCC12. The Morgan fingerprint density at radius 1 is 1.31 bits per heavy atom. The predicted molar refractivity (Wildman–Crippen MR) is 53.5 cm³/mol. The van der Waals surface area contributed by atoms with Gasteiger partial charge in [0.2, 0.25) is 0 Å². The van der Waals surface area contributed by atoms with Crippen molar-refractivity contribution in [2.24, 2.45) is 17.3 Å². The minimum atomic E-state index is 0.0654. The van der Waals surface area contributed by atoms with Gasteiger partial charge in [0.1, 0.15) is 5.78 Å². The molecule has 0 saturated heterocycles. The first-order valence-electron chi connectivity index (χ1n) is 5.68. The minimum Gasteiger partial charge on any atom is -0.299 e. The van der Waals surface area contributed by atoms with Crippen LogP contribution in [0.2, 0.25) is 0 Å². The van der Waals surface area contributed by atoms with Gasteiger partial charge < -0.3 is 0 Å². The molecule has 1 heteroatoms. The molecule has 0 radical (unpaired) electrons. The summed E-state index contributed by atoms with van der Waals surface area (Å²) in [4.78, 5) is 11.9. The standard InChI is InChI=1S/C12H20O/c1-9-5-4-8-12(2)10(9)6-3-7-11(12)13/h9-10H,3-8H2,1-2H3. The van der Waals surface area contributed by atoms with Crippen LogP contribution in [0.3, 0.4) is 0 Å². The summed E-state index contributed by atoms with van der Waals surface area (Å²) in [6.07, 6.45) is 7.04. The number of carbonyl (C=O) groups excluding carboxylic acids is 1. The molecule has 2 aliphatic rings. The number of carbonyl (C=O) groups is 1. The molecule has 0 bridgehead atoms. The van der Waals surface area contributed by atoms with Crippen LogP contribution in [-0.2, 0) is 4.79 Å². The van der Waals surface area contributed by atoms with E-state index in [0.717, 1.165) is 25.2 Å². The van der Waals surface area contributed by atoms with E-state index in [9.17, 15) is 4.79 Å². The van der Waals surface area contributed by atoms with Crippen LogP contribution in [0.15, 0.2) is 0 Å². The van der Waals surface area contributed by atoms with Gasteiger partial charge in [0, 0.05) is 11.8 Å². The maximum Gasteiger partial charge on any atom is 0.139 e. The summed E-state index contributed by atoms with van der Waals surface area (Å²) in [7, 11) is 0. The lowest BCUT2D eigenvalue weighted by molar-refractivity contribution is -0.138. The molecule has 2 saturated carbocycles. The quantitative estimate of drug-likeness (QED) is 0.559. The van der Waals surface area contributed by atoms with Crippen molar-refractivity contribution in [1.29, 1.82) is 0 Å². The number of ketones is 1. The van der Waals surface area contributed by atoms with E-state index in [0.29, 0.717) is 11.7 Å². The van der Waals surface area contributed by atoms with Crippen molar-refractivity contribution in [2.45, 2.75) is 52.4 Å². The summed E-state index contributed by atoms with van der Waals surface area (Å²) >= 11 is 0. The van der Waals surface area contributed by atoms with Gasteiger partial charge in [-0.05, 0) is 31.1 Å². The summed E-state index contributed by atoms with van der Waals surface area (Å²) < 4.78 is 0. The van der Waals surface area contributed by atoms with Crippen molar-refractivity contribution in [3.05, 3.63) is 0 Å². The molecular weight excluding hydrogens is 160 g/mol. The van der Waals surface area contributed by atoms with Crippen molar-refractivity contribution in [2.75, 3.05) is 0 Å². The van der Waals surface area contributed by atoms with E-state index in [4.69, 9.17) is 0 Å². The Kier molecular flexibility index (Phi) is 2.21. The molecule has 0 aromatic heterocycles. The first kappa shape index (κ1) is 9.23. The van der Waals surface area contributed by atoms with Crippen molar-refractivity contribution >= 4 is 5.78 Å². The maximum atomic E-state index is 11.9. The van der Waals surface area contributed by atoms with Crippen molar-refractivity contribution < 1.29 is 4.79 Å². The average Bonchev–Trinajstić information content (AvgIpc) is 2.08. The minimum absolute atomic E-state index is 0.0654. The van der Waals surface area contributed by atoms with Crippen molar-refractivity contribution in [1.82, 2.24) is 0 Å². The Bertz CT molecular complexity index is 221. The fraction of sp³-hybridized carbons (Fsp3) is 0.917. The monoisotopic (exact) mass is 180 g/mol. The highest BCUT2D eigenvalue weighted by atomic mass is 16.1. The summed E-state index contributed by atoms with van der Waals surface area (Å²) in [6, 6.07) is 0. The van der Waals surface area contributed by atoms with Crippen LogP contribution in [0.4, 0.5) is 0 Å². The Balaban J connectivity index is 2.24. The van der Waals surface area contributed by atoms with Gasteiger partial charge in [-0.2, -0.15) is 0 Å². The Hall–Kier alpha value is -0.330. The number of fused-ring (bicyclic) bond motifs is 1. The van der Waals surface area contributed by atoms with Gasteiger partial charge >= 0.3 is 0 Å². The Labute approximate surface area is 80.9 Å². The second-order valence-electron chi connectivity index (χ2n) is 5.21. The third kappa shape index (κ3) is 1.33. The molecule has 3 atom stereocenters. The molecule has 0 aliphatic heterocycles. The van der Waals surface area contributed by atoms with E-state index < -0.39 is 0 Å². The molecule has 2 fully saturated rings. The van der Waals surface area contributed by atoms with Gasteiger partial charge in [-0.25, -0.2) is 0 Å². The summed E-state index contributed by atoms with van der Waals surface area (Å²) in [5.41, 5.74) is 0.0654.